The quantitative estimate of drug-likeness (QED) is 0.757. The Bertz CT molecular complexity index is 942. The predicted molar refractivity (Wildman–Crippen MR) is 93.3 cm³/mol. The first kappa shape index (κ1) is 17.8. The molecule has 1 aromatic heterocycles. The van der Waals surface area contributed by atoms with E-state index in [0.717, 1.165) is 6.07 Å². The zero-order valence-corrected chi connectivity index (χ0v) is 15.5. The Balaban J connectivity index is 1.14. The lowest BCUT2D eigenvalue weighted by atomic mass is 9.39. The average molecular weight is 411 g/mol. The van der Waals surface area contributed by atoms with Crippen LogP contribution in [0.1, 0.15) is 31.0 Å². The van der Waals surface area contributed by atoms with Crippen molar-refractivity contribution in [2.75, 3.05) is 19.7 Å². The molecule has 1 aliphatic heterocycles. The van der Waals surface area contributed by atoms with Crippen LogP contribution in [0.3, 0.4) is 0 Å². The van der Waals surface area contributed by atoms with E-state index in [1.165, 1.54) is 12.1 Å². The summed E-state index contributed by atoms with van der Waals surface area (Å²) in [6.45, 7) is 0.135. The number of benzene rings is 1. The number of aromatic nitrogens is 2. The monoisotopic (exact) mass is 410 g/mol. The van der Waals surface area contributed by atoms with Crippen molar-refractivity contribution in [2.24, 2.45) is 0 Å². The van der Waals surface area contributed by atoms with Gasteiger partial charge in [0.1, 0.15) is 11.6 Å². The van der Waals surface area contributed by atoms with Crippen LogP contribution in [0.15, 0.2) is 22.6 Å². The van der Waals surface area contributed by atoms with Crippen LogP contribution in [0.2, 0.25) is 5.02 Å². The van der Waals surface area contributed by atoms with Crippen molar-refractivity contribution in [3.63, 3.8) is 0 Å². The molecule has 1 aromatic carbocycles. The van der Waals surface area contributed by atoms with Crippen molar-refractivity contribution in [3.05, 3.63) is 40.8 Å². The number of hydrogen-bond acceptors (Lipinski definition) is 6. The molecule has 28 heavy (non-hydrogen) atoms. The number of halogens is 3. The molecule has 0 radical (unpaired) electrons. The molecule has 7 nitrogen and oxygen atoms in total. The van der Waals surface area contributed by atoms with Crippen molar-refractivity contribution in [3.8, 4) is 5.75 Å². The molecule has 2 N–H and O–H groups in total. The molecule has 1 saturated heterocycles. The average Bonchev–Trinajstić information content (AvgIpc) is 3.05. The smallest absolute Gasteiger partial charge is 0.258 e. The number of nitrogens with one attached hydrogen (secondary N) is 2. The minimum atomic E-state index is -1.57. The minimum Gasteiger partial charge on any atom is -0.484 e. The molecule has 1 amide bonds. The van der Waals surface area contributed by atoms with Gasteiger partial charge < -0.3 is 19.8 Å². The second-order valence-electron chi connectivity index (χ2n) is 7.98. The zero-order valence-electron chi connectivity index (χ0n) is 14.7. The summed E-state index contributed by atoms with van der Waals surface area (Å²) in [5.41, 5.74) is -2.16. The molecule has 4 fully saturated rings. The second kappa shape index (κ2) is 5.87. The van der Waals surface area contributed by atoms with Crippen molar-refractivity contribution in [1.29, 1.82) is 0 Å². The van der Waals surface area contributed by atoms with Gasteiger partial charge in [-0.25, -0.2) is 8.78 Å². The van der Waals surface area contributed by atoms with Gasteiger partial charge in [-0.1, -0.05) is 11.6 Å². The van der Waals surface area contributed by atoms with E-state index in [0.29, 0.717) is 25.2 Å². The number of rotatable bonds is 6. The number of ether oxygens (including phenoxy) is 1. The summed E-state index contributed by atoms with van der Waals surface area (Å²) in [6.07, 6.45) is 2.00. The van der Waals surface area contributed by atoms with Gasteiger partial charge in [-0.15, -0.1) is 10.2 Å². The van der Waals surface area contributed by atoms with E-state index in [-0.39, 0.29) is 53.2 Å². The Morgan fingerprint density at radius 1 is 1.29 bits per heavy atom. The predicted octanol–water partition coefficient (Wildman–Crippen LogP) is 2.00. The van der Waals surface area contributed by atoms with Gasteiger partial charge in [0.05, 0.1) is 10.4 Å². The Kier molecular flexibility index (Phi) is 3.73. The lowest BCUT2D eigenvalue weighted by Crippen LogP contribution is -2.77. The summed E-state index contributed by atoms with van der Waals surface area (Å²) in [5.74, 6) is -0.205. The standard InChI is InChI=1S/C18H17ClF2N4O3/c19-11-2-1-10(3-12(11)20)27-4-13(26)23-17-5-16(6-17,7-17)14-24-25-15(28-14)18(21)8-22-9-18/h1-3,22H,4-9H2,(H,23,26). The summed E-state index contributed by atoms with van der Waals surface area (Å²) in [5, 5.41) is 13.7. The maximum atomic E-state index is 14.3. The third kappa shape index (κ3) is 2.68. The third-order valence-electron chi connectivity index (χ3n) is 5.77. The van der Waals surface area contributed by atoms with E-state index in [4.69, 9.17) is 20.8 Å². The maximum absolute atomic E-state index is 14.3. The van der Waals surface area contributed by atoms with Gasteiger partial charge in [0.15, 0.2) is 6.61 Å². The van der Waals surface area contributed by atoms with Crippen LogP contribution in [0.5, 0.6) is 5.75 Å². The van der Waals surface area contributed by atoms with E-state index in [1.54, 1.807) is 0 Å². The number of carbonyl (C=O) groups is 1. The van der Waals surface area contributed by atoms with Gasteiger partial charge in [0.25, 0.3) is 11.8 Å². The first-order valence-corrected chi connectivity index (χ1v) is 9.32. The largest absolute Gasteiger partial charge is 0.484 e. The highest BCUT2D eigenvalue weighted by Crippen LogP contribution is 2.67. The molecule has 0 spiro atoms. The van der Waals surface area contributed by atoms with E-state index in [2.05, 4.69) is 20.8 Å². The number of hydrogen-bond donors (Lipinski definition) is 2. The lowest BCUT2D eigenvalue weighted by molar-refractivity contribution is -0.143. The Labute approximate surface area is 163 Å². The number of alkyl halides is 1. The van der Waals surface area contributed by atoms with E-state index < -0.39 is 11.5 Å². The topological polar surface area (TPSA) is 89.3 Å². The number of carbonyl (C=O) groups excluding carboxylic acids is 1. The molecular weight excluding hydrogens is 394 g/mol. The van der Waals surface area contributed by atoms with Crippen LogP contribution < -0.4 is 15.4 Å². The van der Waals surface area contributed by atoms with Gasteiger partial charge in [0.2, 0.25) is 11.6 Å². The molecule has 6 rings (SSSR count). The summed E-state index contributed by atoms with van der Waals surface area (Å²) in [6, 6.07) is 4.00. The van der Waals surface area contributed by atoms with E-state index in [1.807, 2.05) is 0 Å². The molecule has 0 atom stereocenters. The highest BCUT2D eigenvalue weighted by molar-refractivity contribution is 6.30. The molecule has 2 bridgehead atoms. The van der Waals surface area contributed by atoms with Crippen molar-refractivity contribution >= 4 is 17.5 Å². The van der Waals surface area contributed by atoms with E-state index >= 15 is 0 Å². The third-order valence-corrected chi connectivity index (χ3v) is 6.07. The molecule has 148 valence electrons. The first-order chi connectivity index (χ1) is 13.3. The lowest BCUT2D eigenvalue weighted by Gasteiger charge is -2.68. The van der Waals surface area contributed by atoms with Gasteiger partial charge in [0, 0.05) is 24.7 Å². The zero-order chi connectivity index (χ0) is 19.6. The van der Waals surface area contributed by atoms with Crippen LogP contribution in [0.25, 0.3) is 0 Å². The van der Waals surface area contributed by atoms with Crippen molar-refractivity contribution in [2.45, 2.75) is 35.9 Å². The van der Waals surface area contributed by atoms with Crippen LogP contribution in [-0.2, 0) is 15.9 Å². The van der Waals surface area contributed by atoms with Gasteiger partial charge in [-0.2, -0.15) is 0 Å². The molecule has 0 unspecified atom stereocenters. The highest BCUT2D eigenvalue weighted by atomic mass is 35.5. The molecule has 2 heterocycles. The number of amides is 1. The molecule has 2 aromatic rings. The number of nitrogens with zero attached hydrogens (tertiary/aromatic N) is 2. The summed E-state index contributed by atoms with van der Waals surface area (Å²) >= 11 is 5.61. The fourth-order valence-corrected chi connectivity index (χ4v) is 4.43. The summed E-state index contributed by atoms with van der Waals surface area (Å²) in [7, 11) is 0. The van der Waals surface area contributed by atoms with Crippen LogP contribution >= 0.6 is 11.6 Å². The second-order valence-corrected chi connectivity index (χ2v) is 8.39. The fraction of sp³-hybridized carbons (Fsp3) is 0.500. The van der Waals surface area contributed by atoms with Crippen LogP contribution in [0.4, 0.5) is 8.78 Å². The van der Waals surface area contributed by atoms with Crippen LogP contribution in [0, 0.1) is 5.82 Å². The van der Waals surface area contributed by atoms with Gasteiger partial charge >= 0.3 is 0 Å². The molecular formula is C18H17ClF2N4O3. The normalized spacial score (nSPS) is 29.2. The minimum absolute atomic E-state index is 0.00704. The van der Waals surface area contributed by atoms with Crippen LogP contribution in [-0.4, -0.2) is 41.3 Å². The SMILES string of the molecule is O=C(COc1ccc(Cl)c(F)c1)NC12CC(c3nnc(C4(F)CNC4)o3)(C1)C2. The van der Waals surface area contributed by atoms with Crippen molar-refractivity contribution in [1.82, 2.24) is 20.8 Å². The summed E-state index contributed by atoms with van der Waals surface area (Å²) in [4.78, 5) is 12.2. The Morgan fingerprint density at radius 2 is 2.00 bits per heavy atom. The fourth-order valence-electron chi connectivity index (χ4n) is 4.31. The molecule has 3 aliphatic carbocycles. The highest BCUT2D eigenvalue weighted by Gasteiger charge is 2.72. The van der Waals surface area contributed by atoms with E-state index in [9.17, 15) is 13.6 Å². The van der Waals surface area contributed by atoms with Gasteiger partial charge in [-0.3, -0.25) is 4.79 Å². The van der Waals surface area contributed by atoms with Gasteiger partial charge in [-0.05, 0) is 31.4 Å². The molecule has 10 heteroatoms. The summed E-state index contributed by atoms with van der Waals surface area (Å²) < 4.78 is 38.6. The molecule has 3 saturated carbocycles. The Hall–Kier alpha value is -2.26. The molecule has 4 aliphatic rings. The Morgan fingerprint density at radius 3 is 2.64 bits per heavy atom. The van der Waals surface area contributed by atoms with Crippen molar-refractivity contribution < 1.29 is 22.7 Å². The maximum Gasteiger partial charge on any atom is 0.258 e. The first-order valence-electron chi connectivity index (χ1n) is 8.95.